The van der Waals surface area contributed by atoms with Crippen LogP contribution in [0.1, 0.15) is 28.9 Å². The number of piperidine rings is 1. The summed E-state index contributed by atoms with van der Waals surface area (Å²) in [5, 5.41) is 0. The molecule has 2 amide bonds. The van der Waals surface area contributed by atoms with E-state index in [2.05, 4.69) is 9.97 Å². The van der Waals surface area contributed by atoms with Gasteiger partial charge in [-0.2, -0.15) is 0 Å². The zero-order valence-corrected chi connectivity index (χ0v) is 18.9. The Morgan fingerprint density at radius 1 is 1.03 bits per heavy atom. The van der Waals surface area contributed by atoms with E-state index < -0.39 is 29.6 Å². The van der Waals surface area contributed by atoms with Gasteiger partial charge in [-0.1, -0.05) is 42.5 Å². The first-order valence-electron chi connectivity index (χ1n) is 11.5. The van der Waals surface area contributed by atoms with Gasteiger partial charge < -0.3 is 19.4 Å². The van der Waals surface area contributed by atoms with E-state index >= 15 is 0 Å². The minimum atomic E-state index is -0.830. The van der Waals surface area contributed by atoms with Crippen molar-refractivity contribution < 1.29 is 23.9 Å². The zero-order chi connectivity index (χ0) is 24.4. The lowest BCUT2D eigenvalue weighted by Gasteiger charge is -2.37. The number of likely N-dealkylation sites (tertiary alicyclic amines) is 1. The molecule has 0 unspecified atom stereocenters. The Bertz CT molecular complexity index is 1320. The molecule has 0 aliphatic carbocycles. The van der Waals surface area contributed by atoms with Crippen molar-refractivity contribution in [2.24, 2.45) is 0 Å². The highest BCUT2D eigenvalue weighted by molar-refractivity contribution is 5.93. The number of hydrogen-bond donors (Lipinski definition) is 1. The topological polar surface area (TPSA) is 122 Å². The van der Waals surface area contributed by atoms with E-state index in [1.54, 1.807) is 29.2 Å². The van der Waals surface area contributed by atoms with Crippen molar-refractivity contribution in [3.05, 3.63) is 76.2 Å². The fourth-order valence-corrected chi connectivity index (χ4v) is 4.51. The van der Waals surface area contributed by atoms with Crippen molar-refractivity contribution in [3.8, 4) is 0 Å². The SMILES string of the molecule is O=C(OCc1ccccc1)[C@@H]1COC(=O)N1C1CCN(C(=O)c2nc3ccccc3[nH]c2=O)CC1. The number of fused-ring (bicyclic) bond motifs is 1. The molecule has 2 aromatic carbocycles. The van der Waals surface area contributed by atoms with Gasteiger partial charge in [0.15, 0.2) is 11.7 Å². The summed E-state index contributed by atoms with van der Waals surface area (Å²) in [5.41, 5.74) is 1.24. The summed E-state index contributed by atoms with van der Waals surface area (Å²) in [6.45, 7) is 0.667. The molecule has 10 heteroatoms. The van der Waals surface area contributed by atoms with Crippen LogP contribution in [0.25, 0.3) is 11.0 Å². The number of benzene rings is 2. The lowest BCUT2D eigenvalue weighted by Crippen LogP contribution is -2.52. The summed E-state index contributed by atoms with van der Waals surface area (Å²) in [6, 6.07) is 15.2. The van der Waals surface area contributed by atoms with E-state index in [0.717, 1.165) is 5.56 Å². The van der Waals surface area contributed by atoms with Gasteiger partial charge in [0, 0.05) is 19.1 Å². The van der Waals surface area contributed by atoms with Gasteiger partial charge in [0.05, 0.1) is 11.0 Å². The molecule has 2 aliphatic rings. The Morgan fingerprint density at radius 2 is 1.74 bits per heavy atom. The predicted molar refractivity (Wildman–Crippen MR) is 125 cm³/mol. The van der Waals surface area contributed by atoms with E-state index in [0.29, 0.717) is 37.0 Å². The molecule has 2 saturated heterocycles. The number of esters is 1. The molecule has 1 atom stereocenters. The van der Waals surface area contributed by atoms with Crippen molar-refractivity contribution in [2.75, 3.05) is 19.7 Å². The van der Waals surface area contributed by atoms with E-state index in [9.17, 15) is 19.2 Å². The van der Waals surface area contributed by atoms with Crippen molar-refractivity contribution >= 4 is 29.0 Å². The minimum Gasteiger partial charge on any atom is -0.459 e. The number of H-pyrrole nitrogens is 1. The number of rotatable bonds is 5. The first kappa shape index (κ1) is 22.6. The number of hydrogen-bond acceptors (Lipinski definition) is 7. The zero-order valence-electron chi connectivity index (χ0n) is 18.9. The average molecular weight is 476 g/mol. The van der Waals surface area contributed by atoms with Gasteiger partial charge in [-0.3, -0.25) is 14.5 Å². The number of cyclic esters (lactones) is 1. The molecule has 10 nitrogen and oxygen atoms in total. The van der Waals surface area contributed by atoms with Gasteiger partial charge in [-0.25, -0.2) is 14.6 Å². The number of nitrogens with one attached hydrogen (secondary N) is 1. The van der Waals surface area contributed by atoms with Crippen LogP contribution in [0.4, 0.5) is 4.79 Å². The fraction of sp³-hybridized carbons (Fsp3) is 0.320. The van der Waals surface area contributed by atoms with Crippen LogP contribution in [-0.2, 0) is 20.9 Å². The number of carbonyl (C=O) groups excluding carboxylic acids is 3. The van der Waals surface area contributed by atoms with Crippen LogP contribution < -0.4 is 5.56 Å². The van der Waals surface area contributed by atoms with Crippen LogP contribution >= 0.6 is 0 Å². The van der Waals surface area contributed by atoms with Crippen LogP contribution in [0.2, 0.25) is 0 Å². The Balaban J connectivity index is 1.23. The fourth-order valence-electron chi connectivity index (χ4n) is 4.51. The quantitative estimate of drug-likeness (QED) is 0.560. The Morgan fingerprint density at radius 3 is 2.51 bits per heavy atom. The Labute approximate surface area is 200 Å². The standard InChI is InChI=1S/C25H24N4O6/c30-22-21(26-18-8-4-5-9-19(18)27-22)23(31)28-12-10-17(11-13-28)29-20(15-35-25(29)33)24(32)34-14-16-6-2-1-3-7-16/h1-9,17,20H,10-15H2,(H,27,30)/t20-/m0/s1. The normalized spacial score (nSPS) is 18.5. The molecule has 3 aromatic rings. The summed E-state index contributed by atoms with van der Waals surface area (Å²) in [4.78, 5) is 60.5. The molecule has 1 aromatic heterocycles. The number of amides is 2. The van der Waals surface area contributed by atoms with Gasteiger partial charge in [-0.05, 0) is 30.5 Å². The van der Waals surface area contributed by atoms with Crippen molar-refractivity contribution in [1.29, 1.82) is 0 Å². The monoisotopic (exact) mass is 476 g/mol. The highest BCUT2D eigenvalue weighted by Gasteiger charge is 2.44. The maximum atomic E-state index is 13.0. The molecule has 2 aliphatic heterocycles. The molecule has 0 saturated carbocycles. The second-order valence-electron chi connectivity index (χ2n) is 8.55. The van der Waals surface area contributed by atoms with Crippen LogP contribution in [0.5, 0.6) is 0 Å². The molecule has 0 bridgehead atoms. The van der Waals surface area contributed by atoms with Crippen LogP contribution in [0.15, 0.2) is 59.4 Å². The van der Waals surface area contributed by atoms with Crippen molar-refractivity contribution in [3.63, 3.8) is 0 Å². The smallest absolute Gasteiger partial charge is 0.410 e. The number of nitrogens with zero attached hydrogens (tertiary/aromatic N) is 3. The molecule has 0 radical (unpaired) electrons. The van der Waals surface area contributed by atoms with Crippen LogP contribution in [-0.4, -0.2) is 69.5 Å². The van der Waals surface area contributed by atoms with Crippen LogP contribution in [0, 0.1) is 0 Å². The second-order valence-corrected chi connectivity index (χ2v) is 8.55. The second kappa shape index (κ2) is 9.57. The Hall–Kier alpha value is -4.21. The molecule has 180 valence electrons. The molecular formula is C25H24N4O6. The summed E-state index contributed by atoms with van der Waals surface area (Å²) >= 11 is 0. The molecule has 3 heterocycles. The van der Waals surface area contributed by atoms with E-state index in [1.165, 1.54) is 4.90 Å². The predicted octanol–water partition coefficient (Wildman–Crippen LogP) is 2.09. The number of aromatic nitrogens is 2. The lowest BCUT2D eigenvalue weighted by molar-refractivity contribution is -0.150. The van der Waals surface area contributed by atoms with Gasteiger partial charge in [0.1, 0.15) is 13.2 Å². The summed E-state index contributed by atoms with van der Waals surface area (Å²) in [5.74, 6) is -0.983. The Kier molecular flexibility index (Phi) is 6.17. The first-order chi connectivity index (χ1) is 17.0. The maximum Gasteiger partial charge on any atom is 0.410 e. The summed E-state index contributed by atoms with van der Waals surface area (Å²) in [7, 11) is 0. The summed E-state index contributed by atoms with van der Waals surface area (Å²) < 4.78 is 10.6. The third-order valence-corrected chi connectivity index (χ3v) is 6.35. The van der Waals surface area contributed by atoms with E-state index in [1.807, 2.05) is 30.3 Å². The van der Waals surface area contributed by atoms with Gasteiger partial charge in [0.2, 0.25) is 0 Å². The van der Waals surface area contributed by atoms with E-state index in [4.69, 9.17) is 9.47 Å². The molecule has 2 fully saturated rings. The number of ether oxygens (including phenoxy) is 2. The minimum absolute atomic E-state index is 0.0675. The molecule has 0 spiro atoms. The van der Waals surface area contributed by atoms with Crippen molar-refractivity contribution in [1.82, 2.24) is 19.8 Å². The highest BCUT2D eigenvalue weighted by Crippen LogP contribution is 2.25. The van der Waals surface area contributed by atoms with Crippen LogP contribution in [0.3, 0.4) is 0 Å². The highest BCUT2D eigenvalue weighted by atomic mass is 16.6. The average Bonchev–Trinajstić information content (AvgIpc) is 3.28. The van der Waals surface area contributed by atoms with Gasteiger partial charge in [0.25, 0.3) is 11.5 Å². The number of para-hydroxylation sites is 2. The molecule has 35 heavy (non-hydrogen) atoms. The maximum absolute atomic E-state index is 13.0. The van der Waals surface area contributed by atoms with E-state index in [-0.39, 0.29) is 24.9 Å². The molecular weight excluding hydrogens is 452 g/mol. The first-order valence-corrected chi connectivity index (χ1v) is 11.5. The van der Waals surface area contributed by atoms with Gasteiger partial charge >= 0.3 is 12.1 Å². The largest absolute Gasteiger partial charge is 0.459 e. The third kappa shape index (κ3) is 4.59. The summed E-state index contributed by atoms with van der Waals surface area (Å²) in [6.07, 6.45) is 0.313. The third-order valence-electron chi connectivity index (χ3n) is 6.35. The molecule has 5 rings (SSSR count). The van der Waals surface area contributed by atoms with Gasteiger partial charge in [-0.15, -0.1) is 0 Å². The molecule has 1 N–H and O–H groups in total. The number of aromatic amines is 1. The number of carbonyl (C=O) groups is 3. The lowest BCUT2D eigenvalue weighted by atomic mass is 10.0. The van der Waals surface area contributed by atoms with Crippen molar-refractivity contribution in [2.45, 2.75) is 31.5 Å².